The summed E-state index contributed by atoms with van der Waals surface area (Å²) in [6.07, 6.45) is 1.79. The van der Waals surface area contributed by atoms with Crippen molar-refractivity contribution in [3.8, 4) is 0 Å². The van der Waals surface area contributed by atoms with E-state index in [1.54, 1.807) is 0 Å². The first-order chi connectivity index (χ1) is 8.08. The van der Waals surface area contributed by atoms with E-state index in [-0.39, 0.29) is 17.0 Å². The van der Waals surface area contributed by atoms with Crippen LogP contribution in [-0.2, 0) is 4.79 Å². The van der Waals surface area contributed by atoms with Crippen LogP contribution in [-0.4, -0.2) is 18.5 Å². The summed E-state index contributed by atoms with van der Waals surface area (Å²) in [7, 11) is 0. The second-order valence-electron chi connectivity index (χ2n) is 3.88. The Bertz CT molecular complexity index is 426. The number of carbonyl (C=O) groups excluding carboxylic acids is 1. The summed E-state index contributed by atoms with van der Waals surface area (Å²) in [6, 6.07) is 2.25. The van der Waals surface area contributed by atoms with E-state index in [1.807, 2.05) is 0 Å². The van der Waals surface area contributed by atoms with E-state index in [0.29, 0.717) is 10.2 Å². The Labute approximate surface area is 112 Å². The van der Waals surface area contributed by atoms with Gasteiger partial charge in [-0.3, -0.25) is 4.79 Å². The molecule has 1 aliphatic rings. The van der Waals surface area contributed by atoms with Crippen molar-refractivity contribution >= 4 is 39.1 Å². The molecular formula is C11H11BrClFN2O. The van der Waals surface area contributed by atoms with Crippen LogP contribution in [0.2, 0.25) is 5.02 Å². The van der Waals surface area contributed by atoms with Crippen LogP contribution in [0.3, 0.4) is 0 Å². The Kier molecular flexibility index (Phi) is 4.01. The van der Waals surface area contributed by atoms with Crippen LogP contribution >= 0.6 is 27.5 Å². The first-order valence-electron chi connectivity index (χ1n) is 5.26. The molecule has 0 bridgehead atoms. The maximum absolute atomic E-state index is 13.0. The Balaban J connectivity index is 2.15. The molecule has 0 spiro atoms. The summed E-state index contributed by atoms with van der Waals surface area (Å²) >= 11 is 9.06. The number of benzene rings is 1. The van der Waals surface area contributed by atoms with E-state index in [1.165, 1.54) is 12.1 Å². The van der Waals surface area contributed by atoms with E-state index in [0.717, 1.165) is 19.4 Å². The number of rotatable bonds is 2. The molecule has 1 saturated heterocycles. The van der Waals surface area contributed by atoms with Gasteiger partial charge in [-0.15, -0.1) is 0 Å². The third kappa shape index (κ3) is 2.97. The maximum Gasteiger partial charge on any atom is 0.241 e. The Morgan fingerprint density at radius 2 is 2.35 bits per heavy atom. The molecule has 17 heavy (non-hydrogen) atoms. The zero-order valence-corrected chi connectivity index (χ0v) is 11.2. The molecule has 92 valence electrons. The van der Waals surface area contributed by atoms with Gasteiger partial charge in [0, 0.05) is 4.47 Å². The third-order valence-corrected chi connectivity index (χ3v) is 3.56. The van der Waals surface area contributed by atoms with E-state index in [4.69, 9.17) is 11.6 Å². The topological polar surface area (TPSA) is 41.1 Å². The molecule has 1 aromatic carbocycles. The molecule has 0 saturated carbocycles. The smallest absolute Gasteiger partial charge is 0.241 e. The lowest BCUT2D eigenvalue weighted by molar-refractivity contribution is -0.117. The van der Waals surface area contributed by atoms with Crippen LogP contribution in [0.4, 0.5) is 10.1 Å². The maximum atomic E-state index is 13.0. The molecule has 2 rings (SSSR count). The number of hydrogen-bond donors (Lipinski definition) is 2. The van der Waals surface area contributed by atoms with Crippen molar-refractivity contribution < 1.29 is 9.18 Å². The van der Waals surface area contributed by atoms with E-state index >= 15 is 0 Å². The van der Waals surface area contributed by atoms with Gasteiger partial charge in [-0.1, -0.05) is 11.6 Å². The van der Waals surface area contributed by atoms with Crippen molar-refractivity contribution in [2.75, 3.05) is 11.9 Å². The summed E-state index contributed by atoms with van der Waals surface area (Å²) < 4.78 is 13.4. The van der Waals surface area contributed by atoms with Crippen molar-refractivity contribution in [2.45, 2.75) is 18.9 Å². The van der Waals surface area contributed by atoms with E-state index in [9.17, 15) is 9.18 Å². The average Bonchev–Trinajstić information content (AvgIpc) is 2.76. The fraction of sp³-hybridized carbons (Fsp3) is 0.364. The number of halogens is 3. The number of hydrogen-bond acceptors (Lipinski definition) is 2. The Hall–Kier alpha value is -0.650. The average molecular weight is 322 g/mol. The molecular weight excluding hydrogens is 310 g/mol. The SMILES string of the molecule is O=C(Nc1c(Cl)cc(F)cc1Br)C1CCCN1. The van der Waals surface area contributed by atoms with Crippen molar-refractivity contribution in [3.05, 3.63) is 27.4 Å². The fourth-order valence-electron chi connectivity index (χ4n) is 1.78. The predicted molar refractivity (Wildman–Crippen MR) is 68.8 cm³/mol. The van der Waals surface area contributed by atoms with Crippen LogP contribution < -0.4 is 10.6 Å². The lowest BCUT2D eigenvalue weighted by Gasteiger charge is -2.13. The highest BCUT2D eigenvalue weighted by molar-refractivity contribution is 9.10. The van der Waals surface area contributed by atoms with Gasteiger partial charge in [-0.25, -0.2) is 4.39 Å². The van der Waals surface area contributed by atoms with Gasteiger partial charge in [0.1, 0.15) is 5.82 Å². The van der Waals surface area contributed by atoms with Gasteiger partial charge in [0.2, 0.25) is 5.91 Å². The standard InChI is InChI=1S/C11H11BrClFN2O/c12-7-4-6(14)5-8(13)10(7)16-11(17)9-2-1-3-15-9/h4-5,9,15H,1-3H2,(H,16,17). The highest BCUT2D eigenvalue weighted by Gasteiger charge is 2.23. The van der Waals surface area contributed by atoms with Crippen molar-refractivity contribution in [1.29, 1.82) is 0 Å². The Morgan fingerprint density at radius 3 is 2.94 bits per heavy atom. The summed E-state index contributed by atoms with van der Waals surface area (Å²) in [5.41, 5.74) is 0.409. The summed E-state index contributed by atoms with van der Waals surface area (Å²) in [5, 5.41) is 5.97. The van der Waals surface area contributed by atoms with Crippen LogP contribution in [0.15, 0.2) is 16.6 Å². The lowest BCUT2D eigenvalue weighted by Crippen LogP contribution is -2.35. The second kappa shape index (κ2) is 5.33. The zero-order chi connectivity index (χ0) is 12.4. The summed E-state index contributed by atoms with van der Waals surface area (Å²) in [4.78, 5) is 11.9. The minimum absolute atomic E-state index is 0.142. The molecule has 1 heterocycles. The first-order valence-corrected chi connectivity index (χ1v) is 6.44. The van der Waals surface area contributed by atoms with Gasteiger partial charge >= 0.3 is 0 Å². The van der Waals surface area contributed by atoms with Crippen LogP contribution in [0.25, 0.3) is 0 Å². The summed E-state index contributed by atoms with van der Waals surface area (Å²) in [5.74, 6) is -0.587. The highest BCUT2D eigenvalue weighted by atomic mass is 79.9. The van der Waals surface area contributed by atoms with Gasteiger partial charge in [0.05, 0.1) is 16.8 Å². The number of amides is 1. The highest BCUT2D eigenvalue weighted by Crippen LogP contribution is 2.31. The molecule has 1 aliphatic heterocycles. The molecule has 3 nitrogen and oxygen atoms in total. The molecule has 0 aliphatic carbocycles. The van der Waals surface area contributed by atoms with Gasteiger partial charge < -0.3 is 10.6 Å². The number of carbonyl (C=O) groups is 1. The molecule has 0 radical (unpaired) electrons. The third-order valence-electron chi connectivity index (χ3n) is 2.63. The molecule has 1 unspecified atom stereocenters. The minimum Gasteiger partial charge on any atom is -0.322 e. The van der Waals surface area contributed by atoms with Crippen molar-refractivity contribution in [1.82, 2.24) is 5.32 Å². The van der Waals surface area contributed by atoms with Gasteiger partial charge in [-0.2, -0.15) is 0 Å². The van der Waals surface area contributed by atoms with Crippen LogP contribution in [0.1, 0.15) is 12.8 Å². The second-order valence-corrected chi connectivity index (χ2v) is 5.14. The quantitative estimate of drug-likeness (QED) is 0.879. The molecule has 2 N–H and O–H groups in total. The van der Waals surface area contributed by atoms with Gasteiger partial charge in [0.15, 0.2) is 0 Å². The lowest BCUT2D eigenvalue weighted by atomic mass is 10.2. The van der Waals surface area contributed by atoms with Crippen molar-refractivity contribution in [3.63, 3.8) is 0 Å². The van der Waals surface area contributed by atoms with E-state index < -0.39 is 5.82 Å². The number of anilines is 1. The van der Waals surface area contributed by atoms with Crippen LogP contribution in [0, 0.1) is 5.82 Å². The molecule has 0 aromatic heterocycles. The van der Waals surface area contributed by atoms with E-state index in [2.05, 4.69) is 26.6 Å². The predicted octanol–water partition coefficient (Wildman–Crippen LogP) is 2.93. The van der Waals surface area contributed by atoms with Crippen LogP contribution in [0.5, 0.6) is 0 Å². The zero-order valence-electron chi connectivity index (χ0n) is 8.90. The molecule has 1 atom stereocenters. The molecule has 1 fully saturated rings. The number of nitrogens with one attached hydrogen (secondary N) is 2. The first kappa shape index (κ1) is 12.8. The molecule has 1 aromatic rings. The molecule has 6 heteroatoms. The normalized spacial score (nSPS) is 19.4. The summed E-state index contributed by atoms with van der Waals surface area (Å²) in [6.45, 7) is 0.844. The van der Waals surface area contributed by atoms with Gasteiger partial charge in [-0.05, 0) is 47.4 Å². The Morgan fingerprint density at radius 1 is 1.59 bits per heavy atom. The fourth-order valence-corrected chi connectivity index (χ4v) is 2.68. The van der Waals surface area contributed by atoms with Crippen molar-refractivity contribution in [2.24, 2.45) is 0 Å². The molecule has 1 amide bonds. The minimum atomic E-state index is -0.445. The monoisotopic (exact) mass is 320 g/mol. The largest absolute Gasteiger partial charge is 0.322 e. The van der Waals surface area contributed by atoms with Gasteiger partial charge in [0.25, 0.3) is 0 Å².